The lowest BCUT2D eigenvalue weighted by atomic mass is 9.98. The van der Waals surface area contributed by atoms with Crippen molar-refractivity contribution in [2.24, 2.45) is 14.1 Å². The van der Waals surface area contributed by atoms with Crippen LogP contribution in [0.1, 0.15) is 23.8 Å². The SMILES string of the molecule is C#C[C@]1(COC(=O)OCc2ccn(C)c(=O)c2)O[C@@H](n2ccc3c(N)nc(Cl)nc32)C[C@@H]1OC(=O)OCc1ccn(C)c(=O)c1. The molecule has 0 spiro atoms. The highest BCUT2D eigenvalue weighted by Gasteiger charge is 2.53. The number of aromatic nitrogens is 5. The fourth-order valence-electron chi connectivity index (χ4n) is 4.61. The standard InChI is InChI=1S/C29H27ClN6O9/c1-4-29(16-43-27(39)41-14-17-5-8-34(2)21(37)11-17)20(44-28(40)42-15-18-6-9-35(3)22(38)12-18)13-23(45-29)36-10-7-19-24(31)32-26(30)33-25(19)36/h1,5-12,20,23H,13-16H2,2-3H3,(H2,31,32,33)/t20-,23+,29+/m0/s1. The van der Waals surface area contributed by atoms with E-state index >= 15 is 0 Å². The van der Waals surface area contributed by atoms with E-state index in [1.165, 1.54) is 33.7 Å². The monoisotopic (exact) mass is 638 g/mol. The van der Waals surface area contributed by atoms with Gasteiger partial charge in [-0.2, -0.15) is 4.98 Å². The Morgan fingerprint density at radius 3 is 2.24 bits per heavy atom. The van der Waals surface area contributed by atoms with Crippen LogP contribution in [0.3, 0.4) is 0 Å². The van der Waals surface area contributed by atoms with E-state index in [4.69, 9.17) is 47.4 Å². The van der Waals surface area contributed by atoms with E-state index in [9.17, 15) is 19.2 Å². The number of pyridine rings is 2. The van der Waals surface area contributed by atoms with Crippen LogP contribution in [0.25, 0.3) is 11.0 Å². The van der Waals surface area contributed by atoms with Gasteiger partial charge in [0.2, 0.25) is 10.9 Å². The van der Waals surface area contributed by atoms with Crippen molar-refractivity contribution in [3.8, 4) is 12.3 Å². The van der Waals surface area contributed by atoms with Crippen molar-refractivity contribution >= 4 is 40.8 Å². The smallest absolute Gasteiger partial charge is 0.430 e. The molecular weight excluding hydrogens is 612 g/mol. The lowest BCUT2D eigenvalue weighted by molar-refractivity contribution is -0.106. The van der Waals surface area contributed by atoms with Crippen LogP contribution in [-0.2, 0) is 51.0 Å². The van der Waals surface area contributed by atoms with Gasteiger partial charge in [0.25, 0.3) is 11.1 Å². The van der Waals surface area contributed by atoms with Crippen LogP contribution < -0.4 is 16.9 Å². The van der Waals surface area contributed by atoms with Gasteiger partial charge in [0.1, 0.15) is 37.5 Å². The molecule has 1 aliphatic heterocycles. The summed E-state index contributed by atoms with van der Waals surface area (Å²) in [7, 11) is 3.17. The van der Waals surface area contributed by atoms with Gasteiger partial charge in [-0.3, -0.25) is 9.59 Å². The number of aryl methyl sites for hydroxylation is 2. The van der Waals surface area contributed by atoms with Gasteiger partial charge in [-0.25, -0.2) is 14.6 Å². The summed E-state index contributed by atoms with van der Waals surface area (Å²) < 4.78 is 31.8. The molecule has 0 amide bonds. The van der Waals surface area contributed by atoms with Crippen LogP contribution in [0.4, 0.5) is 15.4 Å². The minimum absolute atomic E-state index is 0.0256. The normalized spacial score (nSPS) is 19.2. The molecule has 0 saturated carbocycles. The van der Waals surface area contributed by atoms with Gasteiger partial charge in [0, 0.05) is 51.2 Å². The average molecular weight is 639 g/mol. The van der Waals surface area contributed by atoms with Gasteiger partial charge in [0.15, 0.2) is 6.10 Å². The molecule has 0 radical (unpaired) electrons. The summed E-state index contributed by atoms with van der Waals surface area (Å²) in [5.41, 5.74) is 4.83. The number of nitrogen functional groups attached to an aromatic ring is 1. The minimum atomic E-state index is -1.80. The Labute approximate surface area is 260 Å². The van der Waals surface area contributed by atoms with E-state index in [-0.39, 0.29) is 41.9 Å². The van der Waals surface area contributed by atoms with Crippen molar-refractivity contribution < 1.29 is 33.3 Å². The largest absolute Gasteiger partial charge is 0.509 e. The van der Waals surface area contributed by atoms with Gasteiger partial charge in [-0.15, -0.1) is 6.42 Å². The summed E-state index contributed by atoms with van der Waals surface area (Å²) in [5.74, 6) is 2.59. The highest BCUT2D eigenvalue weighted by molar-refractivity contribution is 6.28. The van der Waals surface area contributed by atoms with E-state index in [1.54, 1.807) is 43.1 Å². The van der Waals surface area contributed by atoms with Crippen LogP contribution in [0.15, 0.2) is 58.5 Å². The first-order chi connectivity index (χ1) is 21.5. The number of nitrogens with two attached hydrogens (primary N) is 1. The minimum Gasteiger partial charge on any atom is -0.430 e. The van der Waals surface area contributed by atoms with E-state index in [0.29, 0.717) is 22.2 Å². The van der Waals surface area contributed by atoms with Crippen molar-refractivity contribution in [1.29, 1.82) is 0 Å². The quantitative estimate of drug-likeness (QED) is 0.169. The number of halogens is 1. The Bertz CT molecular complexity index is 1930. The van der Waals surface area contributed by atoms with E-state index in [2.05, 4.69) is 15.9 Å². The number of anilines is 1. The topological polar surface area (TPSA) is 181 Å². The Balaban J connectivity index is 1.33. The number of nitrogens with zero attached hydrogens (tertiary/aromatic N) is 5. The van der Waals surface area contributed by atoms with Crippen LogP contribution in [-0.4, -0.2) is 54.3 Å². The molecule has 4 aromatic rings. The molecule has 15 nitrogen and oxygen atoms in total. The van der Waals surface area contributed by atoms with Gasteiger partial charge < -0.3 is 43.1 Å². The zero-order valence-corrected chi connectivity index (χ0v) is 24.8. The first-order valence-electron chi connectivity index (χ1n) is 13.4. The molecule has 5 rings (SSSR count). The Kier molecular flexibility index (Phi) is 8.80. The zero-order chi connectivity index (χ0) is 32.3. The number of fused-ring (bicyclic) bond motifs is 1. The average Bonchev–Trinajstić information content (AvgIpc) is 3.59. The molecule has 1 saturated heterocycles. The lowest BCUT2D eigenvalue weighted by Gasteiger charge is -2.28. The Hall–Kier alpha value is -5.33. The first kappa shape index (κ1) is 31.1. The second kappa shape index (κ2) is 12.7. The molecule has 0 aliphatic carbocycles. The van der Waals surface area contributed by atoms with Crippen molar-refractivity contribution in [1.82, 2.24) is 23.7 Å². The number of carbonyl (C=O) groups excluding carboxylic acids is 2. The van der Waals surface area contributed by atoms with Gasteiger partial charge in [0.05, 0.1) is 5.39 Å². The third-order valence-corrected chi connectivity index (χ3v) is 7.27. The van der Waals surface area contributed by atoms with Crippen LogP contribution in [0, 0.1) is 12.3 Å². The zero-order valence-electron chi connectivity index (χ0n) is 24.0. The summed E-state index contributed by atoms with van der Waals surface area (Å²) in [5, 5.41) is 0.387. The third-order valence-electron chi connectivity index (χ3n) is 7.10. The summed E-state index contributed by atoms with van der Waals surface area (Å²) in [6, 6.07) is 7.50. The van der Waals surface area contributed by atoms with Crippen LogP contribution in [0.2, 0.25) is 5.28 Å². The number of carbonyl (C=O) groups is 2. The maximum absolute atomic E-state index is 12.8. The summed E-state index contributed by atoms with van der Waals surface area (Å²) in [6.07, 6.45) is 6.25. The molecule has 16 heteroatoms. The molecule has 0 bridgehead atoms. The maximum Gasteiger partial charge on any atom is 0.509 e. The highest BCUT2D eigenvalue weighted by Crippen LogP contribution is 2.41. The molecule has 45 heavy (non-hydrogen) atoms. The van der Waals surface area contributed by atoms with Gasteiger partial charge in [-0.1, -0.05) is 5.92 Å². The van der Waals surface area contributed by atoms with E-state index < -0.39 is 36.9 Å². The fourth-order valence-corrected chi connectivity index (χ4v) is 4.78. The maximum atomic E-state index is 12.8. The first-order valence-corrected chi connectivity index (χ1v) is 13.7. The molecule has 1 aliphatic rings. The van der Waals surface area contributed by atoms with Crippen LogP contribution in [0.5, 0.6) is 0 Å². The lowest BCUT2D eigenvalue weighted by Crippen LogP contribution is -2.45. The van der Waals surface area contributed by atoms with Crippen LogP contribution >= 0.6 is 11.6 Å². The second-order valence-corrected chi connectivity index (χ2v) is 10.5. The molecule has 5 heterocycles. The van der Waals surface area contributed by atoms with Crippen molar-refractivity contribution in [3.63, 3.8) is 0 Å². The molecule has 1 fully saturated rings. The number of rotatable bonds is 8. The summed E-state index contributed by atoms with van der Waals surface area (Å²) in [6.45, 7) is -1.08. The second-order valence-electron chi connectivity index (χ2n) is 10.1. The molecule has 2 N–H and O–H groups in total. The number of ether oxygens (including phenoxy) is 5. The molecular formula is C29H27ClN6O9. The molecule has 234 valence electrons. The van der Waals surface area contributed by atoms with Gasteiger partial charge in [-0.05, 0) is 40.9 Å². The Morgan fingerprint density at radius 1 is 1.02 bits per heavy atom. The Morgan fingerprint density at radius 2 is 1.64 bits per heavy atom. The summed E-state index contributed by atoms with van der Waals surface area (Å²) in [4.78, 5) is 57.3. The van der Waals surface area contributed by atoms with Gasteiger partial charge >= 0.3 is 12.3 Å². The number of hydrogen-bond acceptors (Lipinski definition) is 12. The highest BCUT2D eigenvalue weighted by atomic mass is 35.5. The van der Waals surface area contributed by atoms with E-state index in [0.717, 1.165) is 0 Å². The summed E-state index contributed by atoms with van der Waals surface area (Å²) >= 11 is 6.03. The third kappa shape index (κ3) is 6.77. The molecule has 0 aromatic carbocycles. The predicted molar refractivity (Wildman–Crippen MR) is 158 cm³/mol. The molecule has 0 unspecified atom stereocenters. The van der Waals surface area contributed by atoms with E-state index in [1.807, 2.05) is 0 Å². The van der Waals surface area contributed by atoms with Crippen molar-refractivity contribution in [2.75, 3.05) is 12.3 Å². The number of terminal acetylenes is 1. The number of hydrogen-bond donors (Lipinski definition) is 1. The molecule has 3 atom stereocenters. The van der Waals surface area contributed by atoms with Crippen molar-refractivity contribution in [2.45, 2.75) is 37.6 Å². The predicted octanol–water partition coefficient (Wildman–Crippen LogP) is 2.43. The molecule has 4 aromatic heterocycles. The van der Waals surface area contributed by atoms with Crippen molar-refractivity contribution in [3.05, 3.63) is 86.0 Å². The fraction of sp³-hybridized carbons (Fsp3) is 0.310.